The average molecular weight is 362 g/mol. The lowest BCUT2D eigenvalue weighted by atomic mass is 9.84. The highest BCUT2D eigenvalue weighted by Gasteiger charge is 2.34. The summed E-state index contributed by atoms with van der Waals surface area (Å²) in [6, 6.07) is 6.33. The van der Waals surface area contributed by atoms with Crippen molar-refractivity contribution in [3.63, 3.8) is 0 Å². The third-order valence-electron chi connectivity index (χ3n) is 5.22. The first-order chi connectivity index (χ1) is 11.8. The molecule has 3 saturated heterocycles. The molecule has 132 valence electrons. The number of nitrogens with one attached hydrogen (secondary N) is 1. The third-order valence-corrected chi connectivity index (χ3v) is 5.22. The van der Waals surface area contributed by atoms with Crippen molar-refractivity contribution in [1.29, 1.82) is 0 Å². The third kappa shape index (κ3) is 2.87. The van der Waals surface area contributed by atoms with Crippen LogP contribution in [0.4, 0.5) is 5.82 Å². The summed E-state index contributed by atoms with van der Waals surface area (Å²) in [5, 5.41) is 16.8. The largest absolute Gasteiger partial charge is 0.421 e. The molecule has 8 heteroatoms. The number of fused-ring (bicyclic) bond motifs is 4. The van der Waals surface area contributed by atoms with Crippen LogP contribution in [0.15, 0.2) is 27.1 Å². The van der Waals surface area contributed by atoms with E-state index in [0.717, 1.165) is 34.8 Å². The molecular weight excluding hydrogens is 342 g/mol. The molecule has 1 aromatic carbocycles. The van der Waals surface area contributed by atoms with Gasteiger partial charge in [0.15, 0.2) is 11.4 Å². The molecule has 0 spiro atoms. The lowest BCUT2D eigenvalue weighted by Crippen LogP contribution is -2.53. The van der Waals surface area contributed by atoms with Gasteiger partial charge >= 0.3 is 0 Å². The fourth-order valence-electron chi connectivity index (χ4n) is 3.89. The first-order valence-electron chi connectivity index (χ1n) is 8.45. The maximum absolute atomic E-state index is 5.52. The van der Waals surface area contributed by atoms with Gasteiger partial charge in [-0.1, -0.05) is 5.16 Å². The maximum Gasteiger partial charge on any atom is 0.247 e. The lowest BCUT2D eigenvalue weighted by Gasteiger charge is -2.44. The highest BCUT2D eigenvalue weighted by Crippen LogP contribution is 2.33. The van der Waals surface area contributed by atoms with Crippen molar-refractivity contribution >= 4 is 29.2 Å². The molecule has 2 bridgehead atoms. The van der Waals surface area contributed by atoms with Gasteiger partial charge in [0.05, 0.1) is 5.39 Å². The Hall–Kier alpha value is -2.12. The molecular formula is C17H20ClN5O2. The van der Waals surface area contributed by atoms with E-state index in [1.165, 1.54) is 25.9 Å². The van der Waals surface area contributed by atoms with E-state index in [1.54, 1.807) is 6.92 Å². The first-order valence-corrected chi connectivity index (χ1v) is 8.45. The fourth-order valence-corrected chi connectivity index (χ4v) is 3.89. The molecule has 1 N–H and O–H groups in total. The Kier molecular flexibility index (Phi) is 4.13. The van der Waals surface area contributed by atoms with Crippen molar-refractivity contribution in [2.75, 3.05) is 25.0 Å². The van der Waals surface area contributed by atoms with Gasteiger partial charge in [0, 0.05) is 25.1 Å². The standard InChI is InChI=1S/C17H19N5O2.ClH/c1-10-19-20-17(23-10)12-2-3-13-15(8-12)24-21-16(13)18-14-9-22-6-4-11(14)5-7-22;/h2-3,8,11,14H,4-7,9H2,1H3,(H,18,21);1H/t14-;/m0./s1. The van der Waals surface area contributed by atoms with Gasteiger partial charge in [-0.2, -0.15) is 0 Å². The highest BCUT2D eigenvalue weighted by atomic mass is 35.5. The summed E-state index contributed by atoms with van der Waals surface area (Å²) in [5.74, 6) is 2.62. The van der Waals surface area contributed by atoms with Crippen LogP contribution in [0.2, 0.25) is 0 Å². The number of aromatic nitrogens is 3. The summed E-state index contributed by atoms with van der Waals surface area (Å²) in [7, 11) is 0. The Bertz CT molecular complexity index is 884. The van der Waals surface area contributed by atoms with Gasteiger partial charge in [0.1, 0.15) is 0 Å². The summed E-state index contributed by atoms with van der Waals surface area (Å²) in [4.78, 5) is 2.52. The molecule has 1 atom stereocenters. The summed E-state index contributed by atoms with van der Waals surface area (Å²) < 4.78 is 11.0. The predicted molar refractivity (Wildman–Crippen MR) is 95.9 cm³/mol. The van der Waals surface area contributed by atoms with Gasteiger partial charge in [0.2, 0.25) is 11.8 Å². The van der Waals surface area contributed by atoms with Gasteiger partial charge in [-0.25, -0.2) is 0 Å². The van der Waals surface area contributed by atoms with E-state index in [1.807, 2.05) is 18.2 Å². The number of aryl methyl sites for hydroxylation is 1. The van der Waals surface area contributed by atoms with E-state index in [-0.39, 0.29) is 12.4 Å². The average Bonchev–Trinajstić information content (AvgIpc) is 3.22. The number of rotatable bonds is 3. The smallest absolute Gasteiger partial charge is 0.247 e. The maximum atomic E-state index is 5.52. The number of nitrogens with zero attached hydrogens (tertiary/aromatic N) is 4. The molecule has 3 aliphatic rings. The molecule has 3 fully saturated rings. The monoisotopic (exact) mass is 361 g/mol. The van der Waals surface area contributed by atoms with Crippen LogP contribution < -0.4 is 5.32 Å². The van der Waals surface area contributed by atoms with Crippen LogP contribution >= 0.6 is 12.4 Å². The van der Waals surface area contributed by atoms with Crippen LogP contribution in [0.3, 0.4) is 0 Å². The van der Waals surface area contributed by atoms with Crippen LogP contribution in [0.1, 0.15) is 18.7 Å². The van der Waals surface area contributed by atoms with E-state index < -0.39 is 0 Å². The molecule has 3 aliphatic heterocycles. The van der Waals surface area contributed by atoms with E-state index in [2.05, 4.69) is 25.6 Å². The number of piperidine rings is 3. The van der Waals surface area contributed by atoms with Gasteiger partial charge in [-0.3, -0.25) is 0 Å². The van der Waals surface area contributed by atoms with Crippen molar-refractivity contribution in [3.05, 3.63) is 24.1 Å². The molecule has 7 nitrogen and oxygen atoms in total. The van der Waals surface area contributed by atoms with Crippen LogP contribution in [0.5, 0.6) is 0 Å². The van der Waals surface area contributed by atoms with Crippen LogP contribution in [-0.2, 0) is 0 Å². The minimum absolute atomic E-state index is 0. The van der Waals surface area contributed by atoms with Crippen LogP contribution in [0.25, 0.3) is 22.4 Å². The Morgan fingerprint density at radius 3 is 2.72 bits per heavy atom. The highest BCUT2D eigenvalue weighted by molar-refractivity contribution is 5.90. The van der Waals surface area contributed by atoms with E-state index in [9.17, 15) is 0 Å². The Morgan fingerprint density at radius 1 is 1.20 bits per heavy atom. The summed E-state index contributed by atoms with van der Waals surface area (Å²) in [6.07, 6.45) is 2.54. The second-order valence-corrected chi connectivity index (χ2v) is 6.76. The molecule has 2 aromatic heterocycles. The molecule has 3 aromatic rings. The second kappa shape index (κ2) is 6.31. The Balaban J connectivity index is 0.00000157. The summed E-state index contributed by atoms with van der Waals surface area (Å²) in [6.45, 7) is 5.34. The summed E-state index contributed by atoms with van der Waals surface area (Å²) in [5.41, 5.74) is 1.57. The first kappa shape index (κ1) is 16.4. The van der Waals surface area contributed by atoms with Crippen molar-refractivity contribution in [2.24, 2.45) is 5.92 Å². The number of hydrogen-bond acceptors (Lipinski definition) is 7. The normalized spacial score (nSPS) is 25.1. The molecule has 5 heterocycles. The number of anilines is 1. The predicted octanol–water partition coefficient (Wildman–Crippen LogP) is 3.11. The Labute approximate surface area is 151 Å². The molecule has 0 amide bonds. The van der Waals surface area contributed by atoms with Gasteiger partial charge < -0.3 is 19.2 Å². The Morgan fingerprint density at radius 2 is 2.04 bits per heavy atom. The zero-order valence-corrected chi connectivity index (χ0v) is 14.8. The topological polar surface area (TPSA) is 80.2 Å². The number of hydrogen-bond donors (Lipinski definition) is 1. The fraction of sp³-hybridized carbons (Fsp3) is 0.471. The quantitative estimate of drug-likeness (QED) is 0.767. The van der Waals surface area contributed by atoms with Gasteiger partial charge in [-0.15, -0.1) is 22.6 Å². The van der Waals surface area contributed by atoms with E-state index >= 15 is 0 Å². The van der Waals surface area contributed by atoms with Crippen molar-refractivity contribution in [1.82, 2.24) is 20.3 Å². The molecule has 0 radical (unpaired) electrons. The van der Waals surface area contributed by atoms with Gasteiger partial charge in [-0.05, 0) is 50.0 Å². The van der Waals surface area contributed by atoms with Gasteiger partial charge in [0.25, 0.3) is 0 Å². The minimum Gasteiger partial charge on any atom is -0.421 e. The van der Waals surface area contributed by atoms with Crippen molar-refractivity contribution in [2.45, 2.75) is 25.8 Å². The molecule has 25 heavy (non-hydrogen) atoms. The second-order valence-electron chi connectivity index (χ2n) is 6.76. The number of halogens is 1. The molecule has 0 aliphatic carbocycles. The molecule has 0 unspecified atom stereocenters. The van der Waals surface area contributed by atoms with E-state index in [4.69, 9.17) is 8.94 Å². The summed E-state index contributed by atoms with van der Waals surface area (Å²) >= 11 is 0. The number of benzene rings is 1. The zero-order valence-electron chi connectivity index (χ0n) is 13.9. The lowest BCUT2D eigenvalue weighted by molar-refractivity contribution is 0.0973. The molecule has 6 rings (SSSR count). The van der Waals surface area contributed by atoms with Crippen molar-refractivity contribution in [3.8, 4) is 11.5 Å². The van der Waals surface area contributed by atoms with Crippen molar-refractivity contribution < 1.29 is 8.94 Å². The minimum atomic E-state index is 0. The SMILES string of the molecule is Cc1nnc(-c2ccc3c(N[C@H]4CN5CCC4CC5)noc3c2)o1.Cl. The molecule has 0 saturated carbocycles. The van der Waals surface area contributed by atoms with Crippen LogP contribution in [-0.4, -0.2) is 45.9 Å². The zero-order chi connectivity index (χ0) is 16.1. The van der Waals surface area contributed by atoms with Crippen LogP contribution in [0, 0.1) is 12.8 Å². The van der Waals surface area contributed by atoms with E-state index in [0.29, 0.717) is 17.8 Å².